The first-order valence-electron chi connectivity index (χ1n) is 5.19. The van der Waals surface area contributed by atoms with Crippen molar-refractivity contribution in [2.45, 2.75) is 12.2 Å². The Balaban J connectivity index is 2.37. The van der Waals surface area contributed by atoms with Crippen LogP contribution < -0.4 is 0 Å². The number of pyridine rings is 1. The van der Waals surface area contributed by atoms with Gasteiger partial charge in [0.05, 0.1) is 5.52 Å². The molecule has 0 unspecified atom stereocenters. The van der Waals surface area contributed by atoms with Crippen molar-refractivity contribution in [1.29, 1.82) is 0 Å². The summed E-state index contributed by atoms with van der Waals surface area (Å²) in [5.41, 5.74) is 2.54. The van der Waals surface area contributed by atoms with Gasteiger partial charge < -0.3 is 10.2 Å². The minimum absolute atomic E-state index is 0.764. The fraction of sp³-hybridized carbons (Fsp3) is 0.154. The van der Waals surface area contributed by atoms with Crippen molar-refractivity contribution in [3.8, 4) is 0 Å². The fourth-order valence-corrected chi connectivity index (χ4v) is 2.15. The maximum Gasteiger partial charge on any atom is 0.110 e. The standard InChI is InChI=1S/C13H11NO2/c15-11-6-4-8-3-5-10-9(2-1-7-14-10)12(8)13(11)16/h1-7,11,13,15-16H/t11-,13+/m0/s1. The molecule has 3 rings (SSSR count). The smallest absolute Gasteiger partial charge is 0.110 e. The molecule has 0 aliphatic heterocycles. The second kappa shape index (κ2) is 3.40. The molecule has 1 aliphatic rings. The number of hydrogen-bond donors (Lipinski definition) is 2. The third-order valence-electron chi connectivity index (χ3n) is 2.95. The first kappa shape index (κ1) is 9.51. The van der Waals surface area contributed by atoms with Gasteiger partial charge in [-0.15, -0.1) is 0 Å². The molecule has 3 nitrogen and oxygen atoms in total. The van der Waals surface area contributed by atoms with Crippen LogP contribution in [0.1, 0.15) is 17.2 Å². The van der Waals surface area contributed by atoms with E-state index in [1.807, 2.05) is 30.3 Å². The maximum atomic E-state index is 10.00. The van der Waals surface area contributed by atoms with E-state index >= 15 is 0 Å². The average molecular weight is 213 g/mol. The lowest BCUT2D eigenvalue weighted by Gasteiger charge is -2.23. The van der Waals surface area contributed by atoms with E-state index in [9.17, 15) is 10.2 Å². The van der Waals surface area contributed by atoms with Crippen LogP contribution in [0, 0.1) is 0 Å². The third kappa shape index (κ3) is 1.26. The molecule has 2 aromatic rings. The highest BCUT2D eigenvalue weighted by Crippen LogP contribution is 2.33. The van der Waals surface area contributed by atoms with Crippen molar-refractivity contribution in [1.82, 2.24) is 4.98 Å². The van der Waals surface area contributed by atoms with Gasteiger partial charge in [0.15, 0.2) is 0 Å². The Morgan fingerprint density at radius 2 is 2.00 bits per heavy atom. The molecule has 3 heteroatoms. The monoisotopic (exact) mass is 213 g/mol. The first-order valence-corrected chi connectivity index (χ1v) is 5.19. The average Bonchev–Trinajstić information content (AvgIpc) is 2.33. The van der Waals surface area contributed by atoms with Crippen LogP contribution in [0.5, 0.6) is 0 Å². The zero-order chi connectivity index (χ0) is 11.1. The van der Waals surface area contributed by atoms with Gasteiger partial charge in [-0.25, -0.2) is 0 Å². The van der Waals surface area contributed by atoms with Gasteiger partial charge in [-0.1, -0.05) is 24.3 Å². The molecule has 0 bridgehead atoms. The van der Waals surface area contributed by atoms with E-state index in [4.69, 9.17) is 0 Å². The SMILES string of the molecule is O[C@H]1C=Cc2ccc3ncccc3c2[C@@H]1O. The molecular formula is C13H11NO2. The lowest BCUT2D eigenvalue weighted by molar-refractivity contribution is 0.0480. The summed E-state index contributed by atoms with van der Waals surface area (Å²) in [4.78, 5) is 4.23. The van der Waals surface area contributed by atoms with Crippen LogP contribution in [0.3, 0.4) is 0 Å². The van der Waals surface area contributed by atoms with E-state index in [2.05, 4.69) is 4.98 Å². The van der Waals surface area contributed by atoms with Crippen LogP contribution in [0.2, 0.25) is 0 Å². The summed E-state index contributed by atoms with van der Waals surface area (Å²) in [7, 11) is 0. The van der Waals surface area contributed by atoms with Gasteiger partial charge in [-0.3, -0.25) is 4.98 Å². The van der Waals surface area contributed by atoms with Crippen molar-refractivity contribution in [2.24, 2.45) is 0 Å². The van der Waals surface area contributed by atoms with Crippen molar-refractivity contribution in [3.05, 3.63) is 47.7 Å². The molecule has 1 aromatic heterocycles. The quantitative estimate of drug-likeness (QED) is 0.699. The molecular weight excluding hydrogens is 202 g/mol. The molecule has 0 saturated heterocycles. The van der Waals surface area contributed by atoms with Crippen molar-refractivity contribution >= 4 is 17.0 Å². The van der Waals surface area contributed by atoms with Gasteiger partial charge in [0.25, 0.3) is 0 Å². The van der Waals surface area contributed by atoms with Crippen LogP contribution in [0.25, 0.3) is 17.0 Å². The summed E-state index contributed by atoms with van der Waals surface area (Å²) in [5, 5.41) is 20.5. The van der Waals surface area contributed by atoms with Gasteiger partial charge in [-0.05, 0) is 17.7 Å². The number of rotatable bonds is 0. The van der Waals surface area contributed by atoms with Crippen molar-refractivity contribution in [3.63, 3.8) is 0 Å². The minimum Gasteiger partial charge on any atom is -0.386 e. The van der Waals surface area contributed by atoms with Gasteiger partial charge in [0.2, 0.25) is 0 Å². The fourth-order valence-electron chi connectivity index (χ4n) is 2.15. The molecule has 0 fully saturated rings. The minimum atomic E-state index is -0.868. The van der Waals surface area contributed by atoms with Gasteiger partial charge >= 0.3 is 0 Å². The van der Waals surface area contributed by atoms with Gasteiger partial charge in [0, 0.05) is 17.1 Å². The van der Waals surface area contributed by atoms with Crippen molar-refractivity contribution in [2.75, 3.05) is 0 Å². The lowest BCUT2D eigenvalue weighted by Crippen LogP contribution is -2.19. The highest BCUT2D eigenvalue weighted by atomic mass is 16.3. The molecule has 2 atom stereocenters. The number of benzene rings is 1. The Bertz CT molecular complexity index is 577. The van der Waals surface area contributed by atoms with Crippen LogP contribution in [-0.4, -0.2) is 21.3 Å². The molecule has 80 valence electrons. The third-order valence-corrected chi connectivity index (χ3v) is 2.95. The number of hydrogen-bond acceptors (Lipinski definition) is 3. The molecule has 2 N–H and O–H groups in total. The predicted molar refractivity (Wildman–Crippen MR) is 61.7 cm³/mol. The Kier molecular flexibility index (Phi) is 2.02. The lowest BCUT2D eigenvalue weighted by atomic mass is 9.90. The normalized spacial score (nSPS) is 23.4. The van der Waals surface area contributed by atoms with E-state index in [-0.39, 0.29) is 0 Å². The molecule has 1 aromatic carbocycles. The summed E-state index contributed by atoms with van der Waals surface area (Å²) in [6.07, 6.45) is 3.45. The number of fused-ring (bicyclic) bond motifs is 3. The molecule has 0 spiro atoms. The van der Waals surface area contributed by atoms with Gasteiger partial charge in [0.1, 0.15) is 12.2 Å². The summed E-state index contributed by atoms with van der Waals surface area (Å²) >= 11 is 0. The van der Waals surface area contributed by atoms with Gasteiger partial charge in [-0.2, -0.15) is 0 Å². The van der Waals surface area contributed by atoms with E-state index in [1.54, 1.807) is 12.3 Å². The van der Waals surface area contributed by atoms with Crippen LogP contribution in [-0.2, 0) is 0 Å². The number of aliphatic hydroxyl groups excluding tert-OH is 2. The molecule has 0 radical (unpaired) electrons. The Hall–Kier alpha value is -1.71. The molecule has 0 saturated carbocycles. The van der Waals surface area contributed by atoms with Crippen molar-refractivity contribution < 1.29 is 10.2 Å². The highest BCUT2D eigenvalue weighted by Gasteiger charge is 2.24. The first-order chi connectivity index (χ1) is 7.77. The van der Waals surface area contributed by atoms with Crippen LogP contribution in [0.15, 0.2) is 36.5 Å². The maximum absolute atomic E-state index is 10.00. The van der Waals surface area contributed by atoms with E-state index < -0.39 is 12.2 Å². The topological polar surface area (TPSA) is 53.4 Å². The Morgan fingerprint density at radius 1 is 1.12 bits per heavy atom. The zero-order valence-corrected chi connectivity index (χ0v) is 8.54. The number of aliphatic hydroxyl groups is 2. The zero-order valence-electron chi connectivity index (χ0n) is 8.54. The Morgan fingerprint density at radius 3 is 2.88 bits per heavy atom. The number of nitrogens with zero attached hydrogens (tertiary/aromatic N) is 1. The summed E-state index contributed by atoms with van der Waals surface area (Å²) in [6, 6.07) is 7.58. The highest BCUT2D eigenvalue weighted by molar-refractivity contribution is 5.87. The second-order valence-electron chi connectivity index (χ2n) is 3.93. The molecule has 16 heavy (non-hydrogen) atoms. The van der Waals surface area contributed by atoms with E-state index in [1.165, 1.54) is 0 Å². The molecule has 1 aliphatic carbocycles. The summed E-state index contributed by atoms with van der Waals surface area (Å²) < 4.78 is 0. The molecule has 0 amide bonds. The predicted octanol–water partition coefficient (Wildman–Crippen LogP) is 1.66. The molecule has 1 heterocycles. The summed E-state index contributed by atoms with van der Waals surface area (Å²) in [5.74, 6) is 0. The number of aromatic nitrogens is 1. The van der Waals surface area contributed by atoms with Crippen LogP contribution >= 0.6 is 0 Å². The van der Waals surface area contributed by atoms with Crippen LogP contribution in [0.4, 0.5) is 0 Å². The summed E-state index contributed by atoms with van der Waals surface area (Å²) in [6.45, 7) is 0. The van der Waals surface area contributed by atoms with E-state index in [0.717, 1.165) is 22.0 Å². The largest absolute Gasteiger partial charge is 0.386 e. The Labute approximate surface area is 92.7 Å². The second-order valence-corrected chi connectivity index (χ2v) is 3.93. The van der Waals surface area contributed by atoms with E-state index in [0.29, 0.717) is 0 Å².